The molecule has 1 amide bonds. The lowest BCUT2D eigenvalue weighted by molar-refractivity contribution is 0.102. The maximum atomic E-state index is 12.4. The molecule has 0 spiro atoms. The van der Waals surface area contributed by atoms with Crippen LogP contribution in [-0.2, 0) is 6.42 Å². The number of thiophene rings is 1. The summed E-state index contributed by atoms with van der Waals surface area (Å²) in [5.41, 5.74) is 0.997. The number of nitrogens with zero attached hydrogens (tertiary/aromatic N) is 2. The van der Waals surface area contributed by atoms with Crippen LogP contribution < -0.4 is 10.9 Å². The third-order valence-corrected chi connectivity index (χ3v) is 4.75. The number of aromatic amines is 1. The van der Waals surface area contributed by atoms with Crippen molar-refractivity contribution in [2.45, 2.75) is 6.42 Å². The number of anilines is 1. The highest BCUT2D eigenvalue weighted by atomic mass is 32.1. The van der Waals surface area contributed by atoms with E-state index in [1.54, 1.807) is 18.2 Å². The highest BCUT2D eigenvalue weighted by Crippen LogP contribution is 2.23. The Balaban J connectivity index is 1.56. The van der Waals surface area contributed by atoms with Crippen LogP contribution in [0.25, 0.3) is 10.7 Å². The third kappa shape index (κ3) is 3.70. The number of rotatable bonds is 5. The van der Waals surface area contributed by atoms with Crippen LogP contribution in [0.2, 0.25) is 0 Å². The molecule has 0 saturated heterocycles. The number of para-hydroxylation sites is 1. The van der Waals surface area contributed by atoms with Gasteiger partial charge in [-0.15, -0.1) is 11.3 Å². The second kappa shape index (κ2) is 7.38. The minimum Gasteiger partial charge on any atom is -0.339 e. The van der Waals surface area contributed by atoms with Gasteiger partial charge in [-0.25, -0.2) is 0 Å². The molecular weight excluding hydrogens is 364 g/mol. The maximum Gasteiger partial charge on any atom is 0.261 e. The number of aromatic nitrogens is 3. The van der Waals surface area contributed by atoms with Gasteiger partial charge in [0.15, 0.2) is 0 Å². The van der Waals surface area contributed by atoms with Crippen LogP contribution in [-0.4, -0.2) is 21.0 Å². The van der Waals surface area contributed by atoms with Gasteiger partial charge in [0.05, 0.1) is 11.3 Å². The molecule has 0 unspecified atom stereocenters. The SMILES string of the molecule is O=C(Nc1ccccc1Cc1nc(-c2cccs2)no1)c1ccc[nH]c1=O. The van der Waals surface area contributed by atoms with Crippen molar-refractivity contribution in [3.63, 3.8) is 0 Å². The summed E-state index contributed by atoms with van der Waals surface area (Å²) < 4.78 is 5.33. The van der Waals surface area contributed by atoms with Crippen LogP contribution in [0.5, 0.6) is 0 Å². The number of hydrogen-bond acceptors (Lipinski definition) is 6. The molecule has 4 rings (SSSR count). The van der Waals surface area contributed by atoms with Crippen LogP contribution in [0.15, 0.2) is 69.4 Å². The standard InChI is InChI=1S/C19H14N4O3S/c24-18-13(6-3-9-20-18)19(25)21-14-7-2-1-5-12(14)11-16-22-17(23-26-16)15-8-4-10-27-15/h1-10H,11H2,(H,20,24)(H,21,25). The molecule has 0 radical (unpaired) electrons. The number of pyridine rings is 1. The van der Waals surface area contributed by atoms with Crippen molar-refractivity contribution in [3.05, 3.63) is 87.5 Å². The lowest BCUT2D eigenvalue weighted by Crippen LogP contribution is -2.23. The number of amides is 1. The molecule has 0 aliphatic carbocycles. The average Bonchev–Trinajstić information content (AvgIpc) is 3.35. The van der Waals surface area contributed by atoms with Crippen molar-refractivity contribution in [3.8, 4) is 10.7 Å². The highest BCUT2D eigenvalue weighted by molar-refractivity contribution is 7.13. The van der Waals surface area contributed by atoms with Crippen molar-refractivity contribution in [2.75, 3.05) is 5.32 Å². The quantitative estimate of drug-likeness (QED) is 0.555. The van der Waals surface area contributed by atoms with Gasteiger partial charge < -0.3 is 14.8 Å². The van der Waals surface area contributed by atoms with E-state index in [2.05, 4.69) is 20.4 Å². The van der Waals surface area contributed by atoms with E-state index >= 15 is 0 Å². The Morgan fingerprint density at radius 2 is 2.04 bits per heavy atom. The monoisotopic (exact) mass is 378 g/mol. The smallest absolute Gasteiger partial charge is 0.261 e. The first-order valence-corrected chi connectivity index (χ1v) is 9.02. The number of nitrogens with one attached hydrogen (secondary N) is 2. The number of benzene rings is 1. The second-order valence-electron chi connectivity index (χ2n) is 5.69. The highest BCUT2D eigenvalue weighted by Gasteiger charge is 2.15. The largest absolute Gasteiger partial charge is 0.339 e. The molecule has 1 aromatic carbocycles. The third-order valence-electron chi connectivity index (χ3n) is 3.88. The second-order valence-corrected chi connectivity index (χ2v) is 6.64. The molecule has 8 heteroatoms. The zero-order chi connectivity index (χ0) is 18.6. The van der Waals surface area contributed by atoms with Crippen molar-refractivity contribution in [1.82, 2.24) is 15.1 Å². The van der Waals surface area contributed by atoms with Gasteiger partial charge in [-0.3, -0.25) is 9.59 Å². The summed E-state index contributed by atoms with van der Waals surface area (Å²) in [4.78, 5) is 32.0. The molecule has 0 aliphatic heterocycles. The first-order valence-electron chi connectivity index (χ1n) is 8.14. The van der Waals surface area contributed by atoms with E-state index in [9.17, 15) is 9.59 Å². The molecular formula is C19H14N4O3S. The number of H-pyrrole nitrogens is 1. The molecule has 0 bridgehead atoms. The Morgan fingerprint density at radius 3 is 2.85 bits per heavy atom. The molecule has 3 heterocycles. The Hall–Kier alpha value is -3.52. The predicted molar refractivity (Wildman–Crippen MR) is 102 cm³/mol. The fourth-order valence-electron chi connectivity index (χ4n) is 2.58. The molecule has 134 valence electrons. The van der Waals surface area contributed by atoms with Crippen LogP contribution in [0, 0.1) is 0 Å². The van der Waals surface area contributed by atoms with Crippen molar-refractivity contribution in [2.24, 2.45) is 0 Å². The van der Waals surface area contributed by atoms with Crippen LogP contribution in [0.4, 0.5) is 5.69 Å². The van der Waals surface area contributed by atoms with Gasteiger partial charge >= 0.3 is 0 Å². The fraction of sp³-hybridized carbons (Fsp3) is 0.0526. The first kappa shape index (κ1) is 16.9. The Labute approximate surface area is 157 Å². The number of carbonyl (C=O) groups excluding carboxylic acids is 1. The molecule has 0 aliphatic rings. The van der Waals surface area contributed by atoms with Crippen molar-refractivity contribution < 1.29 is 9.32 Å². The summed E-state index contributed by atoms with van der Waals surface area (Å²) in [6.45, 7) is 0. The van der Waals surface area contributed by atoms with Gasteiger partial charge in [0.1, 0.15) is 5.56 Å². The Kier molecular flexibility index (Phi) is 4.63. The summed E-state index contributed by atoms with van der Waals surface area (Å²) in [6.07, 6.45) is 1.84. The molecule has 0 atom stereocenters. The molecule has 4 aromatic rings. The van der Waals surface area contributed by atoms with E-state index in [1.165, 1.54) is 23.6 Å². The Morgan fingerprint density at radius 1 is 1.15 bits per heavy atom. The van der Waals surface area contributed by atoms with Gasteiger partial charge in [0.25, 0.3) is 11.5 Å². The minimum atomic E-state index is -0.478. The van der Waals surface area contributed by atoms with Crippen molar-refractivity contribution in [1.29, 1.82) is 0 Å². The van der Waals surface area contributed by atoms with Crippen molar-refractivity contribution >= 4 is 22.9 Å². The zero-order valence-corrected chi connectivity index (χ0v) is 14.8. The van der Waals surface area contributed by atoms with E-state index in [0.717, 1.165) is 10.4 Å². The average molecular weight is 378 g/mol. The van der Waals surface area contributed by atoms with Gasteiger partial charge in [-0.05, 0) is 35.2 Å². The summed E-state index contributed by atoms with van der Waals surface area (Å²) >= 11 is 1.53. The number of carbonyl (C=O) groups is 1. The maximum absolute atomic E-state index is 12.4. The van der Waals surface area contributed by atoms with Gasteiger partial charge in [-0.2, -0.15) is 4.98 Å². The summed E-state index contributed by atoms with van der Waals surface area (Å²) in [7, 11) is 0. The van der Waals surface area contributed by atoms with E-state index < -0.39 is 11.5 Å². The molecule has 27 heavy (non-hydrogen) atoms. The lowest BCUT2D eigenvalue weighted by Gasteiger charge is -2.09. The lowest BCUT2D eigenvalue weighted by atomic mass is 10.1. The molecule has 3 aromatic heterocycles. The van der Waals surface area contributed by atoms with E-state index in [4.69, 9.17) is 4.52 Å². The van der Waals surface area contributed by atoms with E-state index in [0.29, 0.717) is 23.8 Å². The fourth-order valence-corrected chi connectivity index (χ4v) is 3.23. The Bertz CT molecular complexity index is 1130. The normalized spacial score (nSPS) is 10.7. The van der Waals surface area contributed by atoms with Crippen LogP contribution in [0.3, 0.4) is 0 Å². The summed E-state index contributed by atoms with van der Waals surface area (Å²) in [5.74, 6) is 0.504. The van der Waals surface area contributed by atoms with Gasteiger partial charge in [-0.1, -0.05) is 29.4 Å². The number of hydrogen-bond donors (Lipinski definition) is 2. The van der Waals surface area contributed by atoms with Gasteiger partial charge in [0.2, 0.25) is 11.7 Å². The summed E-state index contributed by atoms with van der Waals surface area (Å²) in [5, 5.41) is 8.72. The molecule has 2 N–H and O–H groups in total. The predicted octanol–water partition coefficient (Wildman–Crippen LogP) is 3.33. The van der Waals surface area contributed by atoms with Crippen LogP contribution >= 0.6 is 11.3 Å². The summed E-state index contributed by atoms with van der Waals surface area (Å²) in [6, 6.07) is 14.2. The minimum absolute atomic E-state index is 0.0464. The van der Waals surface area contributed by atoms with E-state index in [1.807, 2.05) is 29.6 Å². The molecule has 0 saturated carbocycles. The first-order chi connectivity index (χ1) is 13.2. The van der Waals surface area contributed by atoms with Crippen LogP contribution in [0.1, 0.15) is 21.8 Å². The van der Waals surface area contributed by atoms with E-state index in [-0.39, 0.29) is 5.56 Å². The topological polar surface area (TPSA) is 101 Å². The zero-order valence-electron chi connectivity index (χ0n) is 14.0. The molecule has 7 nitrogen and oxygen atoms in total. The molecule has 0 fully saturated rings. The van der Waals surface area contributed by atoms with Gasteiger partial charge in [0, 0.05) is 11.9 Å².